The van der Waals surface area contributed by atoms with E-state index in [9.17, 15) is 4.79 Å². The number of piperazine rings is 1. The number of nitrogens with zero attached hydrogens (tertiary/aromatic N) is 4. The quantitative estimate of drug-likeness (QED) is 0.703. The highest BCUT2D eigenvalue weighted by Gasteiger charge is 2.21. The van der Waals surface area contributed by atoms with Crippen LogP contribution in [0.25, 0.3) is 11.2 Å². The molecule has 0 spiro atoms. The first-order valence-corrected chi connectivity index (χ1v) is 6.24. The van der Waals surface area contributed by atoms with Gasteiger partial charge in [0.2, 0.25) is 11.9 Å². The highest BCUT2D eigenvalue weighted by Crippen LogP contribution is 2.22. The minimum atomic E-state index is 0.00234. The summed E-state index contributed by atoms with van der Waals surface area (Å²) in [6, 6.07) is 0. The Hall–Kier alpha value is -2.38. The van der Waals surface area contributed by atoms with Crippen LogP contribution in [0, 0.1) is 0 Å². The molecule has 1 fully saturated rings. The monoisotopic (exact) mass is 261 g/mol. The first kappa shape index (κ1) is 11.7. The maximum atomic E-state index is 11.5. The summed E-state index contributed by atoms with van der Waals surface area (Å²) < 4.78 is 0. The van der Waals surface area contributed by atoms with Gasteiger partial charge in [-0.25, -0.2) is 4.98 Å². The van der Waals surface area contributed by atoms with Crippen molar-refractivity contribution in [3.63, 3.8) is 0 Å². The number of aromatic nitrogens is 4. The van der Waals surface area contributed by atoms with Crippen LogP contribution in [0.15, 0.2) is 6.33 Å². The topological polar surface area (TPSA) is 98.8 Å². The van der Waals surface area contributed by atoms with E-state index in [0.717, 1.165) is 18.6 Å². The van der Waals surface area contributed by atoms with Gasteiger partial charge in [-0.05, 0) is 6.92 Å². The molecule has 19 heavy (non-hydrogen) atoms. The summed E-state index contributed by atoms with van der Waals surface area (Å²) in [5, 5.41) is 5.87. The zero-order valence-electron chi connectivity index (χ0n) is 10.6. The van der Waals surface area contributed by atoms with Gasteiger partial charge in [-0.15, -0.1) is 0 Å². The van der Waals surface area contributed by atoms with Crippen molar-refractivity contribution in [3.05, 3.63) is 6.33 Å². The molecule has 3 heterocycles. The minimum Gasteiger partial charge on any atom is -0.354 e. The Morgan fingerprint density at radius 1 is 1.47 bits per heavy atom. The summed E-state index contributed by atoms with van der Waals surface area (Å²) in [6.45, 7) is 4.36. The van der Waals surface area contributed by atoms with Crippen LogP contribution in [0.1, 0.15) is 6.92 Å². The number of imidazole rings is 1. The van der Waals surface area contributed by atoms with E-state index in [4.69, 9.17) is 0 Å². The van der Waals surface area contributed by atoms with Crippen LogP contribution in [-0.4, -0.2) is 52.0 Å². The molecule has 2 aromatic heterocycles. The molecule has 3 N–H and O–H groups in total. The Labute approximate surface area is 109 Å². The van der Waals surface area contributed by atoms with Gasteiger partial charge in [0.1, 0.15) is 5.52 Å². The SMILES string of the molecule is CCNc1nc(N2CCNC(=O)C2)c2[nH]cnc2n1. The third-order valence-corrected chi connectivity index (χ3v) is 2.94. The lowest BCUT2D eigenvalue weighted by Crippen LogP contribution is -2.48. The van der Waals surface area contributed by atoms with E-state index in [2.05, 4.69) is 30.6 Å². The third-order valence-electron chi connectivity index (χ3n) is 2.94. The van der Waals surface area contributed by atoms with Crippen LogP contribution in [-0.2, 0) is 4.79 Å². The largest absolute Gasteiger partial charge is 0.354 e. The fraction of sp³-hybridized carbons (Fsp3) is 0.455. The maximum Gasteiger partial charge on any atom is 0.239 e. The number of rotatable bonds is 3. The van der Waals surface area contributed by atoms with Gasteiger partial charge in [0, 0.05) is 19.6 Å². The predicted octanol–water partition coefficient (Wildman–Crippen LogP) is -0.279. The summed E-state index contributed by atoms with van der Waals surface area (Å²) in [6.07, 6.45) is 1.59. The van der Waals surface area contributed by atoms with E-state index < -0.39 is 0 Å². The van der Waals surface area contributed by atoms with Crippen LogP contribution in [0.3, 0.4) is 0 Å². The molecule has 0 radical (unpaired) electrons. The Bertz CT molecular complexity index is 608. The molecule has 1 aliphatic rings. The molecule has 0 aromatic carbocycles. The molecule has 1 saturated heterocycles. The molecule has 0 unspecified atom stereocenters. The first-order chi connectivity index (χ1) is 9.28. The summed E-state index contributed by atoms with van der Waals surface area (Å²) in [5.74, 6) is 1.25. The Balaban J connectivity index is 2.04. The number of H-pyrrole nitrogens is 1. The zero-order valence-corrected chi connectivity index (χ0v) is 10.6. The number of hydrogen-bond donors (Lipinski definition) is 3. The van der Waals surface area contributed by atoms with Crippen molar-refractivity contribution in [1.82, 2.24) is 25.3 Å². The van der Waals surface area contributed by atoms with Gasteiger partial charge in [-0.1, -0.05) is 0 Å². The second kappa shape index (κ2) is 4.71. The van der Waals surface area contributed by atoms with E-state index in [1.807, 2.05) is 11.8 Å². The molecule has 1 amide bonds. The molecular formula is C11H15N7O. The number of aromatic amines is 1. The maximum absolute atomic E-state index is 11.5. The molecular weight excluding hydrogens is 246 g/mol. The van der Waals surface area contributed by atoms with E-state index in [-0.39, 0.29) is 5.91 Å². The van der Waals surface area contributed by atoms with Crippen LogP contribution >= 0.6 is 0 Å². The van der Waals surface area contributed by atoms with Crippen molar-refractivity contribution in [2.45, 2.75) is 6.92 Å². The number of amides is 1. The molecule has 1 aliphatic heterocycles. The van der Waals surface area contributed by atoms with Gasteiger partial charge >= 0.3 is 0 Å². The number of carbonyl (C=O) groups excluding carboxylic acids is 1. The van der Waals surface area contributed by atoms with Gasteiger partial charge in [0.25, 0.3) is 0 Å². The lowest BCUT2D eigenvalue weighted by molar-refractivity contribution is -0.120. The highest BCUT2D eigenvalue weighted by atomic mass is 16.2. The van der Waals surface area contributed by atoms with E-state index in [0.29, 0.717) is 30.5 Å². The van der Waals surface area contributed by atoms with E-state index >= 15 is 0 Å². The summed E-state index contributed by atoms with van der Waals surface area (Å²) in [7, 11) is 0. The number of nitrogens with one attached hydrogen (secondary N) is 3. The molecule has 0 bridgehead atoms. The summed E-state index contributed by atoms with van der Waals surface area (Å²) >= 11 is 0. The fourth-order valence-electron chi connectivity index (χ4n) is 2.10. The second-order valence-electron chi connectivity index (χ2n) is 4.27. The summed E-state index contributed by atoms with van der Waals surface area (Å²) in [4.78, 5) is 29.4. The van der Waals surface area contributed by atoms with Gasteiger partial charge in [-0.3, -0.25) is 4.79 Å². The highest BCUT2D eigenvalue weighted by molar-refractivity contribution is 5.89. The minimum absolute atomic E-state index is 0.00234. The van der Waals surface area contributed by atoms with Crippen LogP contribution in [0.4, 0.5) is 11.8 Å². The van der Waals surface area contributed by atoms with Gasteiger partial charge in [0.15, 0.2) is 11.5 Å². The Kier molecular flexibility index (Phi) is 2.90. The Morgan fingerprint density at radius 3 is 3.16 bits per heavy atom. The van der Waals surface area contributed by atoms with Crippen molar-refractivity contribution >= 4 is 28.8 Å². The number of fused-ring (bicyclic) bond motifs is 1. The van der Waals surface area contributed by atoms with Gasteiger partial charge in [-0.2, -0.15) is 9.97 Å². The molecule has 3 rings (SSSR count). The first-order valence-electron chi connectivity index (χ1n) is 6.24. The van der Waals surface area contributed by atoms with Crippen LogP contribution in [0.5, 0.6) is 0 Å². The predicted molar refractivity (Wildman–Crippen MR) is 71.1 cm³/mol. The summed E-state index contributed by atoms with van der Waals surface area (Å²) in [5.41, 5.74) is 1.36. The molecule has 0 saturated carbocycles. The smallest absolute Gasteiger partial charge is 0.239 e. The third kappa shape index (κ3) is 2.16. The number of anilines is 2. The standard InChI is InChI=1S/C11H15N7O/c1-2-12-11-16-9-8(14-6-15-9)10(17-11)18-4-3-13-7(19)5-18/h6H,2-5H2,1H3,(H,13,19)(H2,12,14,15,16,17). The molecule has 8 heteroatoms. The molecule has 0 aliphatic carbocycles. The van der Waals surface area contributed by atoms with Crippen LogP contribution < -0.4 is 15.5 Å². The van der Waals surface area contributed by atoms with Crippen molar-refractivity contribution < 1.29 is 4.79 Å². The average molecular weight is 261 g/mol. The van der Waals surface area contributed by atoms with Crippen LogP contribution in [0.2, 0.25) is 0 Å². The second-order valence-corrected chi connectivity index (χ2v) is 4.27. The lowest BCUT2D eigenvalue weighted by Gasteiger charge is -2.27. The molecule has 100 valence electrons. The van der Waals surface area contributed by atoms with E-state index in [1.165, 1.54) is 0 Å². The van der Waals surface area contributed by atoms with Gasteiger partial charge in [0.05, 0.1) is 12.9 Å². The van der Waals surface area contributed by atoms with E-state index in [1.54, 1.807) is 6.33 Å². The average Bonchev–Trinajstić information content (AvgIpc) is 2.86. The van der Waals surface area contributed by atoms with Crippen molar-refractivity contribution in [2.24, 2.45) is 0 Å². The molecule has 0 atom stereocenters. The number of carbonyl (C=O) groups is 1. The van der Waals surface area contributed by atoms with Crippen molar-refractivity contribution in [1.29, 1.82) is 0 Å². The lowest BCUT2D eigenvalue weighted by atomic mass is 10.3. The van der Waals surface area contributed by atoms with Crippen molar-refractivity contribution in [3.8, 4) is 0 Å². The van der Waals surface area contributed by atoms with Gasteiger partial charge < -0.3 is 20.5 Å². The number of hydrogen-bond acceptors (Lipinski definition) is 6. The Morgan fingerprint density at radius 2 is 2.37 bits per heavy atom. The fourth-order valence-corrected chi connectivity index (χ4v) is 2.10. The van der Waals surface area contributed by atoms with Crippen molar-refractivity contribution in [2.75, 3.05) is 36.4 Å². The normalized spacial score (nSPS) is 15.6. The molecule has 8 nitrogen and oxygen atoms in total. The zero-order chi connectivity index (χ0) is 13.2. The molecule has 2 aromatic rings.